The van der Waals surface area contributed by atoms with E-state index < -0.39 is 0 Å². The number of benzene rings is 4. The highest BCUT2D eigenvalue weighted by Crippen LogP contribution is 2.37. The molecule has 0 aliphatic rings. The maximum atomic E-state index is 8.20. The first-order valence-corrected chi connectivity index (χ1v) is 11.4. The first-order chi connectivity index (χ1) is 17.6. The molecule has 36 heavy (non-hydrogen) atoms. The van der Waals surface area contributed by atoms with E-state index >= 15 is 0 Å². The highest BCUT2D eigenvalue weighted by atomic mass is 16.5. The van der Waals surface area contributed by atoms with E-state index in [1.807, 2.05) is 109 Å². The van der Waals surface area contributed by atoms with Crippen LogP contribution in [0.15, 0.2) is 115 Å². The Labute approximate surface area is 209 Å². The Kier molecular flexibility index (Phi) is 6.32. The predicted molar refractivity (Wildman–Crippen MR) is 144 cm³/mol. The van der Waals surface area contributed by atoms with Gasteiger partial charge in [0.15, 0.2) is 0 Å². The van der Waals surface area contributed by atoms with E-state index in [2.05, 4.69) is 4.98 Å². The van der Waals surface area contributed by atoms with Crippen molar-refractivity contribution in [3.8, 4) is 45.4 Å². The zero-order valence-electron chi connectivity index (χ0n) is 19.4. The minimum absolute atomic E-state index is 0.125. The highest BCUT2D eigenvalue weighted by Gasteiger charge is 2.19. The molecule has 0 aliphatic carbocycles. The molecule has 0 atom stereocenters. The molecule has 1 aromatic heterocycles. The summed E-state index contributed by atoms with van der Waals surface area (Å²) in [6.45, 7) is 0. The zero-order valence-corrected chi connectivity index (χ0v) is 19.4. The van der Waals surface area contributed by atoms with E-state index in [1.54, 1.807) is 0 Å². The summed E-state index contributed by atoms with van der Waals surface area (Å²) in [5.41, 5.74) is 16.0. The molecule has 0 saturated carbocycles. The molecule has 6 nitrogen and oxygen atoms in total. The van der Waals surface area contributed by atoms with Crippen LogP contribution in [0.3, 0.4) is 0 Å². The maximum Gasteiger partial charge on any atom is 0.127 e. The van der Waals surface area contributed by atoms with Crippen LogP contribution in [0, 0.1) is 5.41 Å². The Morgan fingerprint density at radius 1 is 0.611 bits per heavy atom. The Hall–Kier alpha value is -5.10. The third-order valence-electron chi connectivity index (χ3n) is 5.61. The monoisotopic (exact) mass is 472 g/mol. The van der Waals surface area contributed by atoms with Crippen molar-refractivity contribution in [3.63, 3.8) is 0 Å². The van der Waals surface area contributed by atoms with Gasteiger partial charge < -0.3 is 20.9 Å². The van der Waals surface area contributed by atoms with Crippen LogP contribution in [-0.2, 0) is 0 Å². The number of amidine groups is 1. The van der Waals surface area contributed by atoms with Gasteiger partial charge in [-0.3, -0.25) is 10.4 Å². The van der Waals surface area contributed by atoms with Gasteiger partial charge in [-0.05, 0) is 66.2 Å². The number of nitrogens with one attached hydrogen (secondary N) is 1. The standard InChI is InChI=1S/C30H24N4O2/c31-26-19-34-29(21-13-17-25(18-14-21)36-23-9-5-2-6-10-23)27(28(26)30(32)33)20-11-15-24(16-12-20)35-22-7-3-1-4-8-22/h1-19H,31H2,(H3,32,33). The van der Waals surface area contributed by atoms with Crippen molar-refractivity contribution >= 4 is 11.5 Å². The molecule has 0 radical (unpaired) electrons. The van der Waals surface area contributed by atoms with E-state index in [-0.39, 0.29) is 5.84 Å². The number of ether oxygens (including phenoxy) is 2. The first-order valence-electron chi connectivity index (χ1n) is 11.4. The molecule has 0 spiro atoms. The summed E-state index contributed by atoms with van der Waals surface area (Å²) in [5.74, 6) is 2.78. The van der Waals surface area contributed by atoms with Crippen LogP contribution >= 0.6 is 0 Å². The van der Waals surface area contributed by atoms with Crippen molar-refractivity contribution in [1.29, 1.82) is 5.41 Å². The van der Waals surface area contributed by atoms with Gasteiger partial charge >= 0.3 is 0 Å². The molecule has 5 rings (SSSR count). The summed E-state index contributed by atoms with van der Waals surface area (Å²) in [7, 11) is 0. The minimum Gasteiger partial charge on any atom is -0.457 e. The van der Waals surface area contributed by atoms with Crippen LogP contribution in [0.5, 0.6) is 23.0 Å². The van der Waals surface area contributed by atoms with E-state index in [1.165, 1.54) is 6.20 Å². The molecule has 4 aromatic carbocycles. The molecule has 0 aliphatic heterocycles. The fourth-order valence-corrected chi connectivity index (χ4v) is 3.94. The summed E-state index contributed by atoms with van der Waals surface area (Å²) in [6.07, 6.45) is 1.54. The van der Waals surface area contributed by atoms with Crippen molar-refractivity contribution in [2.75, 3.05) is 5.73 Å². The number of nitrogen functional groups attached to an aromatic ring is 2. The molecule has 5 N–H and O–H groups in total. The number of para-hydroxylation sites is 2. The third-order valence-corrected chi connectivity index (χ3v) is 5.61. The lowest BCUT2D eigenvalue weighted by atomic mass is 9.93. The molecule has 6 heteroatoms. The number of hydrogen-bond donors (Lipinski definition) is 3. The van der Waals surface area contributed by atoms with Gasteiger partial charge in [0, 0.05) is 11.1 Å². The second-order valence-corrected chi connectivity index (χ2v) is 8.10. The van der Waals surface area contributed by atoms with Crippen LogP contribution in [0.1, 0.15) is 5.56 Å². The quantitative estimate of drug-likeness (QED) is 0.177. The Bertz CT molecular complexity index is 1480. The van der Waals surface area contributed by atoms with Crippen LogP contribution in [0.25, 0.3) is 22.4 Å². The van der Waals surface area contributed by atoms with Gasteiger partial charge in [0.05, 0.1) is 23.1 Å². The molecule has 5 aromatic rings. The van der Waals surface area contributed by atoms with Crippen LogP contribution in [0.4, 0.5) is 5.69 Å². The molecule has 0 amide bonds. The number of anilines is 1. The fourth-order valence-electron chi connectivity index (χ4n) is 3.94. The van der Waals surface area contributed by atoms with E-state index in [9.17, 15) is 0 Å². The lowest BCUT2D eigenvalue weighted by molar-refractivity contribution is 0.482. The normalized spacial score (nSPS) is 10.6. The molecule has 0 fully saturated rings. The average Bonchev–Trinajstić information content (AvgIpc) is 2.90. The van der Waals surface area contributed by atoms with Crippen LogP contribution in [-0.4, -0.2) is 10.8 Å². The lowest BCUT2D eigenvalue weighted by Crippen LogP contribution is -2.16. The van der Waals surface area contributed by atoms with Crippen molar-refractivity contribution in [2.45, 2.75) is 0 Å². The maximum absolute atomic E-state index is 8.20. The van der Waals surface area contributed by atoms with Gasteiger partial charge in [-0.1, -0.05) is 48.5 Å². The smallest absolute Gasteiger partial charge is 0.127 e. The number of aromatic nitrogens is 1. The molecule has 0 unspecified atom stereocenters. The Morgan fingerprint density at radius 2 is 1.06 bits per heavy atom. The number of nitrogens with two attached hydrogens (primary N) is 2. The molecular weight excluding hydrogens is 448 g/mol. The summed E-state index contributed by atoms with van der Waals surface area (Å²) in [4.78, 5) is 4.62. The topological polar surface area (TPSA) is 107 Å². The molecule has 1 heterocycles. The minimum atomic E-state index is -0.125. The van der Waals surface area contributed by atoms with Crippen LogP contribution in [0.2, 0.25) is 0 Å². The number of pyridine rings is 1. The largest absolute Gasteiger partial charge is 0.457 e. The van der Waals surface area contributed by atoms with Gasteiger partial charge in [0.25, 0.3) is 0 Å². The molecule has 0 bridgehead atoms. The molecule has 176 valence electrons. The predicted octanol–water partition coefficient (Wildman–Crippen LogP) is 6.87. The van der Waals surface area contributed by atoms with E-state index in [0.717, 1.165) is 22.6 Å². The Balaban J connectivity index is 1.51. The van der Waals surface area contributed by atoms with Crippen LogP contribution < -0.4 is 20.9 Å². The van der Waals surface area contributed by atoms with E-state index in [4.69, 9.17) is 26.4 Å². The summed E-state index contributed by atoms with van der Waals surface area (Å²) >= 11 is 0. The van der Waals surface area contributed by atoms with Gasteiger partial charge in [-0.25, -0.2) is 0 Å². The van der Waals surface area contributed by atoms with Gasteiger partial charge in [-0.15, -0.1) is 0 Å². The van der Waals surface area contributed by atoms with Crippen molar-refractivity contribution in [2.24, 2.45) is 5.73 Å². The number of hydrogen-bond acceptors (Lipinski definition) is 5. The molecule has 0 saturated heterocycles. The first kappa shape index (κ1) is 22.7. The summed E-state index contributed by atoms with van der Waals surface area (Å²) in [5, 5.41) is 8.20. The third kappa shape index (κ3) is 4.88. The summed E-state index contributed by atoms with van der Waals surface area (Å²) < 4.78 is 11.8. The molecular formula is C30H24N4O2. The van der Waals surface area contributed by atoms with Gasteiger partial charge in [0.1, 0.15) is 28.8 Å². The average molecular weight is 473 g/mol. The Morgan fingerprint density at radius 3 is 1.53 bits per heavy atom. The second kappa shape index (κ2) is 10.0. The van der Waals surface area contributed by atoms with Crippen molar-refractivity contribution in [1.82, 2.24) is 4.98 Å². The van der Waals surface area contributed by atoms with Gasteiger partial charge in [0.2, 0.25) is 0 Å². The summed E-state index contributed by atoms with van der Waals surface area (Å²) in [6, 6.07) is 34.4. The number of nitrogens with zero attached hydrogens (tertiary/aromatic N) is 1. The van der Waals surface area contributed by atoms with Gasteiger partial charge in [-0.2, -0.15) is 0 Å². The second-order valence-electron chi connectivity index (χ2n) is 8.10. The van der Waals surface area contributed by atoms with Crippen molar-refractivity contribution in [3.05, 3.63) is 121 Å². The fraction of sp³-hybridized carbons (Fsp3) is 0. The highest BCUT2D eigenvalue weighted by molar-refractivity contribution is 6.08. The van der Waals surface area contributed by atoms with Crippen molar-refractivity contribution < 1.29 is 9.47 Å². The van der Waals surface area contributed by atoms with E-state index in [0.29, 0.717) is 34.0 Å². The zero-order chi connectivity index (χ0) is 24.9. The lowest BCUT2D eigenvalue weighted by Gasteiger charge is -2.17. The number of rotatable bonds is 7. The SMILES string of the molecule is N=C(N)c1c(N)cnc(-c2ccc(Oc3ccccc3)cc2)c1-c1ccc(Oc2ccccc2)cc1.